The van der Waals surface area contributed by atoms with Gasteiger partial charge in [-0.25, -0.2) is 0 Å². The number of aliphatic hydroxyl groups is 1. The van der Waals surface area contributed by atoms with Crippen LogP contribution in [-0.4, -0.2) is 49.7 Å². The van der Waals surface area contributed by atoms with E-state index in [2.05, 4.69) is 32.9 Å². The molecule has 0 radical (unpaired) electrons. The number of hydrogen-bond acceptors (Lipinski definition) is 5. The maximum atomic E-state index is 12.9. The largest absolute Gasteiger partial charge is 0.463 e. The summed E-state index contributed by atoms with van der Waals surface area (Å²) in [6.07, 6.45) is 39.6. The van der Waals surface area contributed by atoms with Crippen LogP contribution in [0.15, 0.2) is 12.2 Å². The van der Waals surface area contributed by atoms with Crippen LogP contribution in [0.5, 0.6) is 0 Å². The van der Waals surface area contributed by atoms with Crippen LogP contribution in [0.3, 0.4) is 0 Å². The van der Waals surface area contributed by atoms with Crippen molar-refractivity contribution in [3.05, 3.63) is 12.2 Å². The Kier molecular flexibility index (Phi) is 32.5. The number of unbranched alkanes of at least 4 members (excludes halogenated alkanes) is 22. The first-order valence-corrected chi connectivity index (χ1v) is 21.3. The summed E-state index contributed by atoms with van der Waals surface area (Å²) in [7, 11) is 0. The van der Waals surface area contributed by atoms with Crippen LogP contribution < -0.4 is 0 Å². The summed E-state index contributed by atoms with van der Waals surface area (Å²) in [6, 6.07) is 0. The molecule has 4 atom stereocenters. The molecule has 0 aliphatic heterocycles. The molecule has 0 spiro atoms. The molecule has 284 valence electrons. The van der Waals surface area contributed by atoms with E-state index in [4.69, 9.17) is 14.2 Å². The molecule has 0 saturated heterocycles. The van der Waals surface area contributed by atoms with Crippen molar-refractivity contribution in [3.8, 4) is 0 Å². The summed E-state index contributed by atoms with van der Waals surface area (Å²) in [4.78, 5) is 12.9. The van der Waals surface area contributed by atoms with E-state index < -0.39 is 0 Å². The Morgan fingerprint density at radius 2 is 1.10 bits per heavy atom. The van der Waals surface area contributed by atoms with Gasteiger partial charge >= 0.3 is 5.97 Å². The van der Waals surface area contributed by atoms with Gasteiger partial charge in [-0.3, -0.25) is 4.79 Å². The van der Waals surface area contributed by atoms with Crippen molar-refractivity contribution in [1.82, 2.24) is 0 Å². The fourth-order valence-corrected chi connectivity index (χ4v) is 7.21. The van der Waals surface area contributed by atoms with Crippen LogP contribution in [0, 0.1) is 11.8 Å². The van der Waals surface area contributed by atoms with Crippen LogP contribution >= 0.6 is 0 Å². The average molecular weight is 679 g/mol. The molecule has 0 aromatic rings. The third kappa shape index (κ3) is 26.9. The second-order valence-corrected chi connectivity index (χ2v) is 14.9. The predicted molar refractivity (Wildman–Crippen MR) is 205 cm³/mol. The highest BCUT2D eigenvalue weighted by atomic mass is 16.6. The fourth-order valence-electron chi connectivity index (χ4n) is 7.21. The van der Waals surface area contributed by atoms with Crippen molar-refractivity contribution in [1.29, 1.82) is 0 Å². The Morgan fingerprint density at radius 3 is 1.60 bits per heavy atom. The van der Waals surface area contributed by atoms with Crippen molar-refractivity contribution < 1.29 is 24.1 Å². The van der Waals surface area contributed by atoms with Gasteiger partial charge in [0.25, 0.3) is 0 Å². The number of aliphatic hydroxyl groups excluding tert-OH is 1. The lowest BCUT2D eigenvalue weighted by Crippen LogP contribution is -2.29. The lowest BCUT2D eigenvalue weighted by atomic mass is 9.89. The van der Waals surface area contributed by atoms with Crippen molar-refractivity contribution in [2.75, 3.05) is 26.4 Å². The summed E-state index contributed by atoms with van der Waals surface area (Å²) in [5.74, 6) is 0.173. The summed E-state index contributed by atoms with van der Waals surface area (Å²) in [5.41, 5.74) is 0. The first-order chi connectivity index (χ1) is 23.6. The van der Waals surface area contributed by atoms with Gasteiger partial charge in [0.1, 0.15) is 12.7 Å². The molecule has 1 rings (SSSR count). The molecule has 1 aliphatic rings. The highest BCUT2D eigenvalue weighted by Gasteiger charge is 2.35. The molecule has 1 aliphatic carbocycles. The quantitative estimate of drug-likeness (QED) is 0.0406. The molecule has 0 bridgehead atoms. The monoisotopic (exact) mass is 679 g/mol. The van der Waals surface area contributed by atoms with Gasteiger partial charge in [-0.1, -0.05) is 174 Å². The molecule has 0 aromatic carbocycles. The van der Waals surface area contributed by atoms with E-state index >= 15 is 0 Å². The minimum absolute atomic E-state index is 0.150. The van der Waals surface area contributed by atoms with Gasteiger partial charge in [0, 0.05) is 19.6 Å². The lowest BCUT2D eigenvalue weighted by molar-refractivity contribution is -0.151. The SMILES string of the molecule is CC/C=C\CC1C(O)CCC1CC(=O)OCC(COCCCCCCCCCCCCCC)OCCCCCCCCCCCCCC. The molecule has 5 heteroatoms. The first-order valence-electron chi connectivity index (χ1n) is 21.3. The second kappa shape index (κ2) is 34.5. The van der Waals surface area contributed by atoms with Crippen LogP contribution in [0.4, 0.5) is 0 Å². The van der Waals surface area contributed by atoms with Gasteiger partial charge in [-0.15, -0.1) is 0 Å². The zero-order chi connectivity index (χ0) is 34.8. The molecule has 0 amide bonds. The molecular weight excluding hydrogens is 596 g/mol. The Balaban J connectivity index is 2.28. The molecule has 4 unspecified atom stereocenters. The van der Waals surface area contributed by atoms with Crippen molar-refractivity contribution in [3.63, 3.8) is 0 Å². The van der Waals surface area contributed by atoms with Gasteiger partial charge < -0.3 is 19.3 Å². The Morgan fingerprint density at radius 1 is 0.625 bits per heavy atom. The number of esters is 1. The van der Waals surface area contributed by atoms with E-state index in [-0.39, 0.29) is 36.6 Å². The van der Waals surface area contributed by atoms with Gasteiger partial charge in [-0.05, 0) is 50.4 Å². The van der Waals surface area contributed by atoms with E-state index in [1.807, 2.05) is 0 Å². The smallest absolute Gasteiger partial charge is 0.306 e. The highest BCUT2D eigenvalue weighted by molar-refractivity contribution is 5.69. The molecule has 1 saturated carbocycles. The van der Waals surface area contributed by atoms with Gasteiger partial charge in [-0.2, -0.15) is 0 Å². The van der Waals surface area contributed by atoms with E-state index in [9.17, 15) is 9.90 Å². The molecule has 48 heavy (non-hydrogen) atoms. The minimum atomic E-state index is -0.315. The minimum Gasteiger partial charge on any atom is -0.463 e. The van der Waals surface area contributed by atoms with E-state index in [1.54, 1.807) is 0 Å². The zero-order valence-corrected chi connectivity index (χ0v) is 32.4. The number of allylic oxidation sites excluding steroid dienone is 2. The van der Waals surface area contributed by atoms with Crippen LogP contribution in [-0.2, 0) is 19.0 Å². The highest BCUT2D eigenvalue weighted by Crippen LogP contribution is 2.37. The maximum Gasteiger partial charge on any atom is 0.306 e. The predicted octanol–water partition coefficient (Wildman–Crippen LogP) is 12.5. The van der Waals surface area contributed by atoms with Crippen LogP contribution in [0.2, 0.25) is 0 Å². The number of ether oxygens (including phenoxy) is 3. The number of rotatable bonds is 36. The van der Waals surface area contributed by atoms with Gasteiger partial charge in [0.15, 0.2) is 0 Å². The van der Waals surface area contributed by atoms with Gasteiger partial charge in [0.2, 0.25) is 0 Å². The Hall–Kier alpha value is -0.910. The summed E-state index contributed by atoms with van der Waals surface area (Å²) < 4.78 is 18.0. The van der Waals surface area contributed by atoms with Crippen molar-refractivity contribution in [2.24, 2.45) is 11.8 Å². The molecular formula is C43H82O5. The third-order valence-corrected chi connectivity index (χ3v) is 10.4. The second-order valence-electron chi connectivity index (χ2n) is 14.9. The van der Waals surface area contributed by atoms with Crippen molar-refractivity contribution in [2.45, 2.75) is 219 Å². The first kappa shape index (κ1) is 45.1. The Bertz CT molecular complexity index is 709. The molecule has 1 fully saturated rings. The van der Waals surface area contributed by atoms with Gasteiger partial charge in [0.05, 0.1) is 12.7 Å². The Labute approximate surface area is 299 Å². The number of hydrogen-bond donors (Lipinski definition) is 1. The number of carbonyl (C=O) groups excluding carboxylic acids is 1. The van der Waals surface area contributed by atoms with E-state index in [0.29, 0.717) is 19.6 Å². The lowest BCUT2D eigenvalue weighted by Gasteiger charge is -2.21. The summed E-state index contributed by atoms with van der Waals surface area (Å²) in [5, 5.41) is 10.5. The van der Waals surface area contributed by atoms with E-state index in [1.165, 1.54) is 141 Å². The molecule has 1 N–H and O–H groups in total. The standard InChI is InChI=1S/C43H82O5/c1-4-7-10-12-14-16-18-20-22-24-26-29-34-46-37-40(47-35-30-27-25-23-21-19-17-15-13-11-8-5-2)38-48-43(45)36-39-32-33-42(44)41(39)31-28-9-6-3/h9,28,39-42,44H,4-8,10-27,29-38H2,1-3H3/b28-9-. The topological polar surface area (TPSA) is 65.0 Å². The molecule has 5 nitrogen and oxygen atoms in total. The van der Waals surface area contributed by atoms with Crippen LogP contribution in [0.25, 0.3) is 0 Å². The molecule has 0 heterocycles. The normalized spacial score (nSPS) is 18.6. The van der Waals surface area contributed by atoms with Crippen molar-refractivity contribution >= 4 is 5.97 Å². The van der Waals surface area contributed by atoms with Crippen LogP contribution in [0.1, 0.15) is 207 Å². The van der Waals surface area contributed by atoms with E-state index in [0.717, 1.165) is 45.1 Å². The fraction of sp³-hybridized carbons (Fsp3) is 0.930. The maximum absolute atomic E-state index is 12.9. The number of carbonyl (C=O) groups is 1. The average Bonchev–Trinajstić information content (AvgIpc) is 3.43. The zero-order valence-electron chi connectivity index (χ0n) is 32.4. The summed E-state index contributed by atoms with van der Waals surface area (Å²) >= 11 is 0. The molecule has 0 aromatic heterocycles. The third-order valence-electron chi connectivity index (χ3n) is 10.4. The summed E-state index contributed by atoms with van der Waals surface area (Å²) in [6.45, 7) is 8.86.